The average molecular weight is 482 g/mol. The van der Waals surface area contributed by atoms with Gasteiger partial charge in [-0.05, 0) is 36.4 Å². The highest BCUT2D eigenvalue weighted by Crippen LogP contribution is 2.37. The van der Waals surface area contributed by atoms with Crippen molar-refractivity contribution in [2.24, 2.45) is 4.99 Å². The Hall–Kier alpha value is -2.75. The zero-order valence-electron chi connectivity index (χ0n) is 16.4. The summed E-state index contributed by atoms with van der Waals surface area (Å²) in [5.74, 6) is -1.35. The number of nitrogens with one attached hydrogen (secondary N) is 1. The molecule has 0 bridgehead atoms. The number of aromatic hydroxyl groups is 1. The van der Waals surface area contributed by atoms with E-state index in [-0.39, 0.29) is 34.0 Å². The van der Waals surface area contributed by atoms with Crippen LogP contribution in [0.2, 0.25) is 10.0 Å². The standard InChI is InChI=1S/C20H17Cl2N3O5S/c1-25-18(28)15(31-20(25)24-12-7-13(21)17(27)14(22)8-12)9-16(26)23-11-5-3-10(4-6-11)19(29)30-2/h3-8,15,27H,9H2,1-2H3,(H,23,26)/t15-/m1/s1. The molecule has 2 aromatic carbocycles. The molecule has 1 atom stereocenters. The van der Waals surface area contributed by atoms with Crippen molar-refractivity contribution in [3.8, 4) is 5.75 Å². The molecule has 0 saturated carbocycles. The number of carbonyl (C=O) groups is 3. The molecule has 11 heteroatoms. The van der Waals surface area contributed by atoms with Gasteiger partial charge in [0, 0.05) is 19.2 Å². The number of ether oxygens (including phenoxy) is 1. The fourth-order valence-electron chi connectivity index (χ4n) is 2.71. The lowest BCUT2D eigenvalue weighted by Gasteiger charge is -2.10. The molecular formula is C20H17Cl2N3O5S. The summed E-state index contributed by atoms with van der Waals surface area (Å²) in [6, 6.07) is 9.06. The van der Waals surface area contributed by atoms with Crippen LogP contribution in [0.1, 0.15) is 16.8 Å². The first kappa shape index (κ1) is 22.9. The number of rotatable bonds is 5. The van der Waals surface area contributed by atoms with Gasteiger partial charge in [-0.1, -0.05) is 35.0 Å². The number of phenols is 1. The van der Waals surface area contributed by atoms with Crippen LogP contribution < -0.4 is 5.32 Å². The topological polar surface area (TPSA) is 108 Å². The number of anilines is 1. The summed E-state index contributed by atoms with van der Waals surface area (Å²) in [4.78, 5) is 42.1. The van der Waals surface area contributed by atoms with E-state index in [1.807, 2.05) is 0 Å². The third-order valence-electron chi connectivity index (χ3n) is 4.33. The average Bonchev–Trinajstić information content (AvgIpc) is 2.99. The first-order valence-corrected chi connectivity index (χ1v) is 10.5. The van der Waals surface area contributed by atoms with E-state index in [2.05, 4.69) is 15.0 Å². The number of benzene rings is 2. The zero-order valence-corrected chi connectivity index (χ0v) is 18.7. The van der Waals surface area contributed by atoms with Gasteiger partial charge in [-0.25, -0.2) is 9.79 Å². The maximum atomic E-state index is 12.5. The predicted octanol–water partition coefficient (Wildman–Crippen LogP) is 4.08. The maximum Gasteiger partial charge on any atom is 0.337 e. The van der Waals surface area contributed by atoms with Crippen LogP contribution in [0.3, 0.4) is 0 Å². The molecule has 31 heavy (non-hydrogen) atoms. The van der Waals surface area contributed by atoms with E-state index in [4.69, 9.17) is 23.2 Å². The summed E-state index contributed by atoms with van der Waals surface area (Å²) in [5, 5.41) is 12.2. The Morgan fingerprint density at radius 3 is 2.42 bits per heavy atom. The van der Waals surface area contributed by atoms with Crippen LogP contribution in [0.25, 0.3) is 0 Å². The third kappa shape index (κ3) is 5.30. The minimum absolute atomic E-state index is 0.0398. The van der Waals surface area contributed by atoms with Gasteiger partial charge in [-0.2, -0.15) is 0 Å². The Bertz CT molecular complexity index is 1050. The van der Waals surface area contributed by atoms with Crippen LogP contribution in [-0.2, 0) is 14.3 Å². The second-order valence-electron chi connectivity index (χ2n) is 6.48. The summed E-state index contributed by atoms with van der Waals surface area (Å²) in [5.41, 5.74) is 1.22. The minimum Gasteiger partial charge on any atom is -0.505 e. The van der Waals surface area contributed by atoms with Crippen molar-refractivity contribution in [1.82, 2.24) is 4.90 Å². The van der Waals surface area contributed by atoms with Crippen LogP contribution in [0.5, 0.6) is 5.75 Å². The van der Waals surface area contributed by atoms with Gasteiger partial charge in [-0.15, -0.1) is 0 Å². The fraction of sp³-hybridized carbons (Fsp3) is 0.200. The van der Waals surface area contributed by atoms with E-state index in [0.717, 1.165) is 11.8 Å². The number of carbonyl (C=O) groups excluding carboxylic acids is 3. The molecule has 1 fully saturated rings. The summed E-state index contributed by atoms with van der Waals surface area (Å²) < 4.78 is 4.63. The monoisotopic (exact) mass is 481 g/mol. The number of amides is 2. The van der Waals surface area contributed by atoms with E-state index < -0.39 is 11.2 Å². The van der Waals surface area contributed by atoms with Gasteiger partial charge >= 0.3 is 5.97 Å². The first-order valence-electron chi connectivity index (χ1n) is 8.88. The number of thioether (sulfide) groups is 1. The molecule has 2 aromatic rings. The molecule has 8 nitrogen and oxygen atoms in total. The van der Waals surface area contributed by atoms with E-state index in [0.29, 0.717) is 22.1 Å². The van der Waals surface area contributed by atoms with Crippen LogP contribution in [0.4, 0.5) is 11.4 Å². The van der Waals surface area contributed by atoms with Crippen molar-refractivity contribution in [3.63, 3.8) is 0 Å². The Kier molecular flexibility index (Phi) is 7.09. The lowest BCUT2D eigenvalue weighted by molar-refractivity contribution is -0.127. The number of nitrogens with zero attached hydrogens (tertiary/aromatic N) is 2. The van der Waals surface area contributed by atoms with E-state index in [1.165, 1.54) is 36.3 Å². The first-order chi connectivity index (χ1) is 14.7. The second-order valence-corrected chi connectivity index (χ2v) is 8.46. The van der Waals surface area contributed by atoms with Crippen LogP contribution in [0.15, 0.2) is 41.4 Å². The van der Waals surface area contributed by atoms with Crippen molar-refractivity contribution in [2.45, 2.75) is 11.7 Å². The molecule has 0 aliphatic carbocycles. The van der Waals surface area contributed by atoms with Crippen molar-refractivity contribution in [1.29, 1.82) is 0 Å². The van der Waals surface area contributed by atoms with E-state index in [1.54, 1.807) is 19.2 Å². The summed E-state index contributed by atoms with van der Waals surface area (Å²) >= 11 is 13.0. The van der Waals surface area contributed by atoms with Crippen molar-refractivity contribution in [3.05, 3.63) is 52.0 Å². The molecular weight excluding hydrogens is 465 g/mol. The second kappa shape index (κ2) is 9.59. The smallest absolute Gasteiger partial charge is 0.337 e. The quantitative estimate of drug-likeness (QED) is 0.622. The van der Waals surface area contributed by atoms with E-state index >= 15 is 0 Å². The van der Waals surface area contributed by atoms with Gasteiger partial charge in [0.15, 0.2) is 10.9 Å². The van der Waals surface area contributed by atoms with Crippen molar-refractivity contribution in [2.75, 3.05) is 19.5 Å². The van der Waals surface area contributed by atoms with Gasteiger partial charge in [-0.3, -0.25) is 14.5 Å². The summed E-state index contributed by atoms with van der Waals surface area (Å²) in [6.07, 6.45) is -0.0668. The number of hydrogen-bond donors (Lipinski definition) is 2. The molecule has 1 aliphatic heterocycles. The lowest BCUT2D eigenvalue weighted by Crippen LogP contribution is -2.30. The van der Waals surface area contributed by atoms with Gasteiger partial charge in [0.1, 0.15) is 5.25 Å². The van der Waals surface area contributed by atoms with Gasteiger partial charge < -0.3 is 15.2 Å². The Morgan fingerprint density at radius 2 is 1.84 bits per heavy atom. The Labute approximate surface area is 192 Å². The molecule has 3 rings (SSSR count). The van der Waals surface area contributed by atoms with Crippen molar-refractivity contribution >= 4 is 69.3 Å². The predicted molar refractivity (Wildman–Crippen MR) is 120 cm³/mol. The maximum absolute atomic E-state index is 12.5. The molecule has 2 N–H and O–H groups in total. The number of amidine groups is 1. The number of hydrogen-bond acceptors (Lipinski definition) is 7. The van der Waals surface area contributed by atoms with Crippen LogP contribution in [0, 0.1) is 0 Å². The number of aliphatic imine (C=N–C) groups is 1. The molecule has 162 valence electrons. The molecule has 0 spiro atoms. The molecule has 2 amide bonds. The highest BCUT2D eigenvalue weighted by Gasteiger charge is 2.37. The van der Waals surface area contributed by atoms with E-state index in [9.17, 15) is 19.5 Å². The molecule has 0 unspecified atom stereocenters. The fourth-order valence-corrected chi connectivity index (χ4v) is 4.34. The van der Waals surface area contributed by atoms with Crippen LogP contribution in [-0.4, -0.2) is 52.4 Å². The number of halogens is 2. The third-order valence-corrected chi connectivity index (χ3v) is 6.13. The molecule has 1 heterocycles. The molecule has 0 radical (unpaired) electrons. The zero-order chi connectivity index (χ0) is 22.7. The number of esters is 1. The highest BCUT2D eigenvalue weighted by atomic mass is 35.5. The SMILES string of the molecule is COC(=O)c1ccc(NC(=O)C[C@H]2SC(=Nc3cc(Cl)c(O)c(Cl)c3)N(C)C2=O)cc1. The lowest BCUT2D eigenvalue weighted by atomic mass is 10.2. The number of phenolic OH excluding ortho intramolecular Hbond substituents is 1. The van der Waals surface area contributed by atoms with Crippen molar-refractivity contribution < 1.29 is 24.2 Å². The molecule has 1 saturated heterocycles. The highest BCUT2D eigenvalue weighted by molar-refractivity contribution is 8.15. The normalized spacial score (nSPS) is 17.2. The van der Waals surface area contributed by atoms with Gasteiger partial charge in [0.25, 0.3) is 0 Å². The summed E-state index contributed by atoms with van der Waals surface area (Å²) in [6.45, 7) is 0. The Morgan fingerprint density at radius 1 is 1.23 bits per heavy atom. The molecule has 1 aliphatic rings. The van der Waals surface area contributed by atoms with Gasteiger partial charge in [0.05, 0.1) is 28.4 Å². The summed E-state index contributed by atoms with van der Waals surface area (Å²) in [7, 11) is 2.84. The largest absolute Gasteiger partial charge is 0.505 e. The van der Waals surface area contributed by atoms with Gasteiger partial charge in [0.2, 0.25) is 11.8 Å². The molecule has 0 aromatic heterocycles. The Balaban J connectivity index is 1.66. The number of methoxy groups -OCH3 is 1. The van der Waals surface area contributed by atoms with Crippen LogP contribution >= 0.6 is 35.0 Å². The minimum atomic E-state index is -0.652.